The summed E-state index contributed by atoms with van der Waals surface area (Å²) < 4.78 is 6.42. The van der Waals surface area contributed by atoms with Gasteiger partial charge in [-0.15, -0.1) is 5.10 Å². The van der Waals surface area contributed by atoms with Crippen LogP contribution >= 0.6 is 11.6 Å². The highest BCUT2D eigenvalue weighted by molar-refractivity contribution is 6.30. The fourth-order valence-corrected chi connectivity index (χ4v) is 1.75. The second kappa shape index (κ2) is 5.23. The quantitative estimate of drug-likeness (QED) is 0.917. The highest BCUT2D eigenvalue weighted by Crippen LogP contribution is 2.31. The Morgan fingerprint density at radius 3 is 2.89 bits per heavy atom. The predicted octanol–water partition coefficient (Wildman–Crippen LogP) is 1.65. The maximum atomic E-state index is 11.0. The number of carboxylic acids is 1. The Hall–Kier alpha value is -2.15. The Balaban J connectivity index is 2.54. The predicted molar refractivity (Wildman–Crippen MR) is 67.2 cm³/mol. The molecule has 0 aliphatic heterocycles. The van der Waals surface area contributed by atoms with Gasteiger partial charge in [0.15, 0.2) is 11.9 Å². The molecule has 8 heteroatoms. The van der Waals surface area contributed by atoms with Gasteiger partial charge >= 0.3 is 5.97 Å². The fourth-order valence-electron chi connectivity index (χ4n) is 1.59. The van der Waals surface area contributed by atoms with Crippen molar-refractivity contribution in [3.63, 3.8) is 0 Å². The maximum Gasteiger partial charge on any atom is 0.328 e. The number of benzene rings is 1. The van der Waals surface area contributed by atoms with Gasteiger partial charge in [-0.1, -0.05) is 11.6 Å². The molecule has 0 aliphatic rings. The van der Waals surface area contributed by atoms with E-state index in [9.17, 15) is 4.79 Å². The minimum atomic E-state index is -1.03. The standard InChI is InChI=1S/C11H11ClN4O3/c1-6(11(17)18)16-10(13-14-15-16)8-4-3-7(12)5-9(8)19-2/h3-6H,1-2H3,(H,17,18). The SMILES string of the molecule is COc1cc(Cl)ccc1-c1nnnn1C(C)C(=O)O. The summed E-state index contributed by atoms with van der Waals surface area (Å²) in [6.45, 7) is 1.49. The van der Waals surface area contributed by atoms with Crippen LogP contribution in [0.2, 0.25) is 5.02 Å². The number of aromatic nitrogens is 4. The van der Waals surface area contributed by atoms with Crippen molar-refractivity contribution < 1.29 is 14.6 Å². The van der Waals surface area contributed by atoms with Gasteiger partial charge in [0, 0.05) is 5.02 Å². The lowest BCUT2D eigenvalue weighted by Gasteiger charge is -2.11. The van der Waals surface area contributed by atoms with Crippen molar-refractivity contribution in [3.8, 4) is 17.1 Å². The lowest BCUT2D eigenvalue weighted by atomic mass is 10.2. The second-order valence-corrected chi connectivity index (χ2v) is 4.24. The second-order valence-electron chi connectivity index (χ2n) is 3.81. The Morgan fingerprint density at radius 1 is 1.53 bits per heavy atom. The summed E-state index contributed by atoms with van der Waals surface area (Å²) in [5, 5.41) is 20.6. The molecule has 1 atom stereocenters. The monoisotopic (exact) mass is 282 g/mol. The smallest absolute Gasteiger partial charge is 0.328 e. The number of ether oxygens (including phenoxy) is 1. The first-order valence-corrected chi connectivity index (χ1v) is 5.77. The van der Waals surface area contributed by atoms with Crippen LogP contribution in [0.5, 0.6) is 5.75 Å². The first kappa shape index (κ1) is 13.3. The van der Waals surface area contributed by atoms with Crippen LogP contribution < -0.4 is 4.74 Å². The van der Waals surface area contributed by atoms with Crippen molar-refractivity contribution in [2.75, 3.05) is 7.11 Å². The number of carboxylic acid groups (broad SMARTS) is 1. The summed E-state index contributed by atoms with van der Waals surface area (Å²) in [4.78, 5) is 11.0. The summed E-state index contributed by atoms with van der Waals surface area (Å²) in [5.74, 6) is -0.244. The summed E-state index contributed by atoms with van der Waals surface area (Å²) >= 11 is 5.88. The summed E-state index contributed by atoms with van der Waals surface area (Å²) in [6, 6.07) is 4.06. The van der Waals surface area contributed by atoms with Gasteiger partial charge in [-0.2, -0.15) is 0 Å². The molecule has 7 nitrogen and oxygen atoms in total. The average Bonchev–Trinajstić information content (AvgIpc) is 2.86. The van der Waals surface area contributed by atoms with Crippen LogP contribution in [0.4, 0.5) is 0 Å². The van der Waals surface area contributed by atoms with Crippen LogP contribution in [-0.4, -0.2) is 38.4 Å². The van der Waals surface area contributed by atoms with Gasteiger partial charge < -0.3 is 9.84 Å². The van der Waals surface area contributed by atoms with Gasteiger partial charge in [0.1, 0.15) is 5.75 Å². The molecule has 0 saturated heterocycles. The minimum absolute atomic E-state index is 0.309. The van der Waals surface area contributed by atoms with Crippen molar-refractivity contribution in [3.05, 3.63) is 23.2 Å². The van der Waals surface area contributed by atoms with Crippen LogP contribution in [0.25, 0.3) is 11.4 Å². The van der Waals surface area contributed by atoms with Gasteiger partial charge in [-0.25, -0.2) is 9.48 Å². The van der Waals surface area contributed by atoms with Crippen molar-refractivity contribution >= 4 is 17.6 Å². The van der Waals surface area contributed by atoms with Crippen LogP contribution in [0, 0.1) is 0 Å². The van der Waals surface area contributed by atoms with Gasteiger partial charge in [-0.05, 0) is 35.5 Å². The average molecular weight is 283 g/mol. The Bertz CT molecular complexity index is 614. The minimum Gasteiger partial charge on any atom is -0.496 e. The normalized spacial score (nSPS) is 12.2. The molecule has 19 heavy (non-hydrogen) atoms. The van der Waals surface area contributed by atoms with Crippen LogP contribution in [0.15, 0.2) is 18.2 Å². The molecule has 1 N–H and O–H groups in total. The van der Waals surface area contributed by atoms with Gasteiger partial charge in [0.2, 0.25) is 0 Å². The van der Waals surface area contributed by atoms with Crippen molar-refractivity contribution in [1.82, 2.24) is 20.2 Å². The van der Waals surface area contributed by atoms with Crippen LogP contribution in [0.3, 0.4) is 0 Å². The van der Waals surface area contributed by atoms with Crippen LogP contribution in [0.1, 0.15) is 13.0 Å². The largest absolute Gasteiger partial charge is 0.496 e. The Labute approximate surface area is 113 Å². The van der Waals surface area contributed by atoms with E-state index >= 15 is 0 Å². The molecule has 100 valence electrons. The molecule has 1 aromatic carbocycles. The number of hydrogen-bond donors (Lipinski definition) is 1. The molecule has 2 rings (SSSR count). The first-order chi connectivity index (χ1) is 9.04. The third-order valence-electron chi connectivity index (χ3n) is 2.62. The summed E-state index contributed by atoms with van der Waals surface area (Å²) in [6.07, 6.45) is 0. The first-order valence-electron chi connectivity index (χ1n) is 5.39. The van der Waals surface area contributed by atoms with Gasteiger partial charge in [0.05, 0.1) is 12.7 Å². The molecular formula is C11H11ClN4O3. The number of rotatable bonds is 4. The molecule has 1 unspecified atom stereocenters. The van der Waals surface area contributed by atoms with E-state index in [1.54, 1.807) is 18.2 Å². The maximum absolute atomic E-state index is 11.0. The molecule has 1 aromatic heterocycles. The third kappa shape index (κ3) is 2.50. The van der Waals surface area contributed by atoms with Crippen molar-refractivity contribution in [2.24, 2.45) is 0 Å². The van der Waals surface area contributed by atoms with Gasteiger partial charge in [-0.3, -0.25) is 0 Å². The highest BCUT2D eigenvalue weighted by Gasteiger charge is 2.22. The number of nitrogens with zero attached hydrogens (tertiary/aromatic N) is 4. The highest BCUT2D eigenvalue weighted by atomic mass is 35.5. The number of aliphatic carboxylic acids is 1. The number of tetrazole rings is 1. The Morgan fingerprint density at radius 2 is 2.26 bits per heavy atom. The summed E-state index contributed by atoms with van der Waals surface area (Å²) in [7, 11) is 1.49. The van der Waals surface area contributed by atoms with Crippen molar-refractivity contribution in [2.45, 2.75) is 13.0 Å². The number of methoxy groups -OCH3 is 1. The van der Waals surface area contributed by atoms with E-state index in [2.05, 4.69) is 15.5 Å². The zero-order valence-corrected chi connectivity index (χ0v) is 11.0. The molecule has 0 aliphatic carbocycles. The zero-order chi connectivity index (χ0) is 14.0. The zero-order valence-electron chi connectivity index (χ0n) is 10.2. The molecular weight excluding hydrogens is 272 g/mol. The van der Waals surface area contributed by atoms with E-state index in [0.29, 0.717) is 22.2 Å². The lowest BCUT2D eigenvalue weighted by Crippen LogP contribution is -2.18. The molecule has 0 fully saturated rings. The molecule has 2 aromatic rings. The Kier molecular flexibility index (Phi) is 3.66. The molecule has 0 spiro atoms. The lowest BCUT2D eigenvalue weighted by molar-refractivity contribution is -0.140. The molecule has 0 bridgehead atoms. The van der Waals surface area contributed by atoms with Crippen molar-refractivity contribution in [1.29, 1.82) is 0 Å². The number of carbonyl (C=O) groups is 1. The van der Waals surface area contributed by atoms with E-state index in [1.165, 1.54) is 18.7 Å². The van der Waals surface area contributed by atoms with Crippen LogP contribution in [-0.2, 0) is 4.79 Å². The van der Waals surface area contributed by atoms with E-state index < -0.39 is 12.0 Å². The number of hydrogen-bond acceptors (Lipinski definition) is 5. The van der Waals surface area contributed by atoms with E-state index in [0.717, 1.165) is 0 Å². The fraction of sp³-hybridized carbons (Fsp3) is 0.273. The van der Waals surface area contributed by atoms with E-state index in [4.69, 9.17) is 21.4 Å². The number of halogens is 1. The summed E-state index contributed by atoms with van der Waals surface area (Å²) in [5.41, 5.74) is 0.574. The van der Waals surface area contributed by atoms with E-state index in [-0.39, 0.29) is 0 Å². The van der Waals surface area contributed by atoms with E-state index in [1.807, 2.05) is 0 Å². The molecule has 0 radical (unpaired) electrons. The molecule has 0 saturated carbocycles. The third-order valence-corrected chi connectivity index (χ3v) is 2.86. The molecule has 1 heterocycles. The van der Waals surface area contributed by atoms with Gasteiger partial charge in [0.25, 0.3) is 0 Å². The topological polar surface area (TPSA) is 90.1 Å². The molecule has 0 amide bonds.